The highest BCUT2D eigenvalue weighted by Gasteiger charge is 2.33. The minimum absolute atomic E-state index is 0.0683. The summed E-state index contributed by atoms with van der Waals surface area (Å²) >= 11 is 3.09. The van der Waals surface area contributed by atoms with Gasteiger partial charge in [-0.3, -0.25) is 0 Å². The second-order valence-corrected chi connectivity index (χ2v) is 7.37. The van der Waals surface area contributed by atoms with Gasteiger partial charge in [-0.2, -0.15) is 4.31 Å². The number of aliphatic hydroxyl groups excluding tert-OH is 1. The maximum atomic E-state index is 13.0. The Balaban J connectivity index is 2.23. The Hall–Kier alpha value is -0.500. The predicted molar refractivity (Wildman–Crippen MR) is 72.7 cm³/mol. The van der Waals surface area contributed by atoms with Gasteiger partial charge in [0.15, 0.2) is 0 Å². The second kappa shape index (κ2) is 5.87. The van der Waals surface area contributed by atoms with Crippen LogP contribution in [0.25, 0.3) is 0 Å². The van der Waals surface area contributed by atoms with Crippen LogP contribution < -0.4 is 0 Å². The summed E-state index contributed by atoms with van der Waals surface area (Å²) in [5, 5.41) is 8.89. The fourth-order valence-corrected chi connectivity index (χ4v) is 4.80. The Morgan fingerprint density at radius 1 is 1.47 bits per heavy atom. The average molecular weight is 352 g/mol. The maximum Gasteiger partial charge on any atom is 0.244 e. The van der Waals surface area contributed by atoms with Crippen molar-refractivity contribution >= 4 is 26.0 Å². The zero-order chi connectivity index (χ0) is 14.0. The summed E-state index contributed by atoms with van der Waals surface area (Å²) in [6.07, 6.45) is 1.36. The van der Waals surface area contributed by atoms with E-state index in [1.54, 1.807) is 0 Å². The van der Waals surface area contributed by atoms with Gasteiger partial charge in [0, 0.05) is 24.2 Å². The van der Waals surface area contributed by atoms with Crippen LogP contribution in [0, 0.1) is 11.7 Å². The summed E-state index contributed by atoms with van der Waals surface area (Å²) in [7, 11) is -3.60. The second-order valence-electron chi connectivity index (χ2n) is 4.60. The lowest BCUT2D eigenvalue weighted by molar-refractivity contribution is 0.259. The molecule has 4 nitrogen and oxygen atoms in total. The zero-order valence-electron chi connectivity index (χ0n) is 10.2. The molecule has 1 heterocycles. The van der Waals surface area contributed by atoms with Crippen molar-refractivity contribution in [2.24, 2.45) is 5.92 Å². The van der Waals surface area contributed by atoms with Crippen LogP contribution in [0.4, 0.5) is 4.39 Å². The standard InChI is InChI=1S/C12H15BrFNO3S/c13-11-7-10(14)1-2-12(11)19(17,18)15-5-3-9(8-15)4-6-16/h1-2,7,9,16H,3-6,8H2. The number of benzene rings is 1. The molecule has 0 spiro atoms. The molecular weight excluding hydrogens is 337 g/mol. The van der Waals surface area contributed by atoms with E-state index in [0.29, 0.717) is 19.5 Å². The minimum Gasteiger partial charge on any atom is -0.396 e. The van der Waals surface area contributed by atoms with E-state index in [-0.39, 0.29) is 21.9 Å². The van der Waals surface area contributed by atoms with Gasteiger partial charge in [-0.1, -0.05) is 0 Å². The van der Waals surface area contributed by atoms with E-state index < -0.39 is 15.8 Å². The molecule has 1 fully saturated rings. The quantitative estimate of drug-likeness (QED) is 0.902. The van der Waals surface area contributed by atoms with Crippen LogP contribution in [0.15, 0.2) is 27.6 Å². The Morgan fingerprint density at radius 3 is 2.84 bits per heavy atom. The van der Waals surface area contributed by atoms with E-state index in [1.807, 2.05) is 0 Å². The van der Waals surface area contributed by atoms with Crippen LogP contribution in [0.3, 0.4) is 0 Å². The highest BCUT2D eigenvalue weighted by Crippen LogP contribution is 2.30. The smallest absolute Gasteiger partial charge is 0.244 e. The first-order valence-electron chi connectivity index (χ1n) is 6.01. The normalized spacial score (nSPS) is 20.9. The van der Waals surface area contributed by atoms with Crippen molar-refractivity contribution in [1.82, 2.24) is 4.31 Å². The zero-order valence-corrected chi connectivity index (χ0v) is 12.6. The van der Waals surface area contributed by atoms with Gasteiger partial charge in [0.25, 0.3) is 0 Å². The first-order chi connectivity index (χ1) is 8.95. The predicted octanol–water partition coefficient (Wildman–Crippen LogP) is 1.98. The Bertz CT molecular complexity index is 564. The molecule has 0 aromatic heterocycles. The first-order valence-corrected chi connectivity index (χ1v) is 8.24. The van der Waals surface area contributed by atoms with Crippen molar-refractivity contribution < 1.29 is 17.9 Å². The average Bonchev–Trinajstić information content (AvgIpc) is 2.78. The molecule has 106 valence electrons. The number of aliphatic hydroxyl groups is 1. The van der Waals surface area contributed by atoms with Crippen molar-refractivity contribution in [1.29, 1.82) is 0 Å². The summed E-state index contributed by atoms with van der Waals surface area (Å²) in [6.45, 7) is 0.919. The molecule has 0 saturated carbocycles. The van der Waals surface area contributed by atoms with Crippen LogP contribution in [0.1, 0.15) is 12.8 Å². The van der Waals surface area contributed by atoms with Crippen LogP contribution in [0.5, 0.6) is 0 Å². The Morgan fingerprint density at radius 2 is 2.21 bits per heavy atom. The molecule has 1 saturated heterocycles. The lowest BCUT2D eigenvalue weighted by Gasteiger charge is -2.17. The van der Waals surface area contributed by atoms with Gasteiger partial charge in [-0.15, -0.1) is 0 Å². The largest absolute Gasteiger partial charge is 0.396 e. The fraction of sp³-hybridized carbons (Fsp3) is 0.500. The van der Waals surface area contributed by atoms with E-state index in [9.17, 15) is 12.8 Å². The van der Waals surface area contributed by atoms with Crippen molar-refractivity contribution in [3.63, 3.8) is 0 Å². The molecule has 0 radical (unpaired) electrons. The van der Waals surface area contributed by atoms with Crippen molar-refractivity contribution in [2.45, 2.75) is 17.7 Å². The van der Waals surface area contributed by atoms with E-state index >= 15 is 0 Å². The molecular formula is C12H15BrFNO3S. The topological polar surface area (TPSA) is 57.6 Å². The fourth-order valence-electron chi connectivity index (χ4n) is 2.26. The molecule has 1 unspecified atom stereocenters. The molecule has 0 bridgehead atoms. The van der Waals surface area contributed by atoms with Crippen molar-refractivity contribution in [3.05, 3.63) is 28.5 Å². The number of nitrogens with zero attached hydrogens (tertiary/aromatic N) is 1. The molecule has 7 heteroatoms. The Labute approximate surface area is 120 Å². The molecule has 1 aliphatic rings. The highest BCUT2D eigenvalue weighted by atomic mass is 79.9. The third-order valence-corrected chi connectivity index (χ3v) is 6.14. The van der Waals surface area contributed by atoms with Crippen LogP contribution in [-0.2, 0) is 10.0 Å². The number of halogens is 2. The number of sulfonamides is 1. The molecule has 1 aliphatic heterocycles. The summed E-state index contributed by atoms with van der Waals surface area (Å²) in [5.41, 5.74) is 0. The van der Waals surface area contributed by atoms with Gasteiger partial charge in [0.1, 0.15) is 5.82 Å². The summed E-state index contributed by atoms with van der Waals surface area (Å²) in [5.74, 6) is -0.288. The molecule has 1 aromatic carbocycles. The monoisotopic (exact) mass is 351 g/mol. The number of rotatable bonds is 4. The van der Waals surface area contributed by atoms with E-state index in [2.05, 4.69) is 15.9 Å². The summed E-state index contributed by atoms with van der Waals surface area (Å²) in [4.78, 5) is 0.0820. The van der Waals surface area contributed by atoms with Crippen LogP contribution in [0.2, 0.25) is 0 Å². The number of hydrogen-bond donors (Lipinski definition) is 1. The van der Waals surface area contributed by atoms with Crippen molar-refractivity contribution in [2.75, 3.05) is 19.7 Å². The summed E-state index contributed by atoms with van der Waals surface area (Å²) < 4.78 is 39.5. The van der Waals surface area contributed by atoms with Gasteiger partial charge in [-0.05, 0) is 52.9 Å². The third kappa shape index (κ3) is 3.16. The van der Waals surface area contributed by atoms with E-state index in [1.165, 1.54) is 10.4 Å². The number of hydrogen-bond acceptors (Lipinski definition) is 3. The minimum atomic E-state index is -3.60. The van der Waals surface area contributed by atoms with E-state index in [4.69, 9.17) is 5.11 Å². The van der Waals surface area contributed by atoms with Gasteiger partial charge in [0.05, 0.1) is 4.90 Å². The first kappa shape index (κ1) is 14.9. The van der Waals surface area contributed by atoms with Crippen LogP contribution >= 0.6 is 15.9 Å². The lowest BCUT2D eigenvalue weighted by atomic mass is 10.1. The molecule has 2 rings (SSSR count). The summed E-state index contributed by atoms with van der Waals surface area (Å²) in [6, 6.07) is 3.56. The molecule has 1 N–H and O–H groups in total. The molecule has 1 aromatic rings. The molecule has 19 heavy (non-hydrogen) atoms. The Kier molecular flexibility index (Phi) is 4.60. The van der Waals surface area contributed by atoms with Crippen molar-refractivity contribution in [3.8, 4) is 0 Å². The SMILES string of the molecule is O=S(=O)(c1ccc(F)cc1Br)N1CCC(CCO)C1. The highest BCUT2D eigenvalue weighted by molar-refractivity contribution is 9.10. The van der Waals surface area contributed by atoms with Gasteiger partial charge < -0.3 is 5.11 Å². The van der Waals surface area contributed by atoms with Gasteiger partial charge in [0.2, 0.25) is 10.0 Å². The lowest BCUT2D eigenvalue weighted by Crippen LogP contribution is -2.29. The third-order valence-electron chi connectivity index (χ3n) is 3.30. The van der Waals surface area contributed by atoms with Gasteiger partial charge in [-0.25, -0.2) is 12.8 Å². The maximum absolute atomic E-state index is 13.0. The van der Waals surface area contributed by atoms with Gasteiger partial charge >= 0.3 is 0 Å². The molecule has 0 amide bonds. The molecule has 0 aliphatic carbocycles. The van der Waals surface area contributed by atoms with E-state index in [0.717, 1.165) is 18.6 Å². The van der Waals surface area contributed by atoms with Crippen LogP contribution in [-0.4, -0.2) is 37.5 Å². The molecule has 1 atom stereocenters.